The van der Waals surface area contributed by atoms with Crippen LogP contribution >= 0.6 is 11.3 Å². The van der Waals surface area contributed by atoms with Gasteiger partial charge in [0.05, 0.1) is 5.56 Å². The molecule has 0 unspecified atom stereocenters. The molecule has 150 valence electrons. The maximum atomic E-state index is 12.1. The van der Waals surface area contributed by atoms with Crippen molar-refractivity contribution in [1.82, 2.24) is 0 Å². The molecule has 1 heterocycles. The number of nitrogens with one attached hydrogen (secondary N) is 1. The number of carboxylic acids is 1. The van der Waals surface area contributed by atoms with E-state index in [9.17, 15) is 9.90 Å². The Balaban J connectivity index is 1.57. The van der Waals surface area contributed by atoms with Gasteiger partial charge in [-0.25, -0.2) is 4.79 Å². The Morgan fingerprint density at radius 2 is 1.79 bits per heavy atom. The number of carboxylic acid groups (broad SMARTS) is 1. The number of aromatic carboxylic acids is 1. The molecule has 0 radical (unpaired) electrons. The highest BCUT2D eigenvalue weighted by Crippen LogP contribution is 2.45. The maximum Gasteiger partial charge on any atom is 0.337 e. The van der Waals surface area contributed by atoms with Crippen LogP contribution in [-0.2, 0) is 19.4 Å². The average molecular weight is 406 g/mol. The van der Waals surface area contributed by atoms with E-state index >= 15 is 0 Å². The first-order valence-corrected chi connectivity index (χ1v) is 10.9. The van der Waals surface area contributed by atoms with Crippen molar-refractivity contribution in [3.05, 3.63) is 75.7 Å². The number of benzene rings is 2. The van der Waals surface area contributed by atoms with Crippen LogP contribution < -0.4 is 5.32 Å². The number of hydrogen-bond acceptors (Lipinski definition) is 3. The van der Waals surface area contributed by atoms with Crippen LogP contribution in [0.5, 0.6) is 0 Å². The molecule has 0 aliphatic heterocycles. The third-order valence-corrected chi connectivity index (χ3v) is 7.09. The summed E-state index contributed by atoms with van der Waals surface area (Å²) in [5.74, 6) is -0.805. The lowest BCUT2D eigenvalue weighted by atomic mass is 9.76. The van der Waals surface area contributed by atoms with Gasteiger partial charge in [-0.2, -0.15) is 0 Å². The molecule has 3 aromatic rings. The van der Waals surface area contributed by atoms with Crippen molar-refractivity contribution in [3.8, 4) is 10.4 Å². The summed E-state index contributed by atoms with van der Waals surface area (Å²) in [6.07, 6.45) is 2.94. The van der Waals surface area contributed by atoms with Gasteiger partial charge in [-0.05, 0) is 60.4 Å². The molecule has 0 fully saturated rings. The first kappa shape index (κ1) is 19.7. The molecule has 0 amide bonds. The molecule has 3 nitrogen and oxygen atoms in total. The quantitative estimate of drug-likeness (QED) is 0.506. The summed E-state index contributed by atoms with van der Waals surface area (Å²) < 4.78 is 0. The van der Waals surface area contributed by atoms with E-state index in [0.29, 0.717) is 5.56 Å². The highest BCUT2D eigenvalue weighted by atomic mass is 32.1. The summed E-state index contributed by atoms with van der Waals surface area (Å²) in [7, 11) is 0. The van der Waals surface area contributed by atoms with Gasteiger partial charge in [0.15, 0.2) is 0 Å². The minimum absolute atomic E-state index is 0.168. The summed E-state index contributed by atoms with van der Waals surface area (Å²) in [6.45, 7) is 7.28. The van der Waals surface area contributed by atoms with Crippen molar-refractivity contribution in [1.29, 1.82) is 0 Å². The van der Waals surface area contributed by atoms with E-state index in [-0.39, 0.29) is 5.41 Å². The van der Waals surface area contributed by atoms with Crippen molar-refractivity contribution >= 4 is 23.0 Å². The highest BCUT2D eigenvalue weighted by Gasteiger charge is 2.32. The summed E-state index contributed by atoms with van der Waals surface area (Å²) in [5.41, 5.74) is 6.26. The standard InChI is InChI=1S/C25H27NO2S/c1-16-4-10-19(11-5-16)26-15-17-6-8-18(9-7-17)23-22(24(27)28)20-14-25(2,3)13-12-21(20)29-23/h4-11,26H,12-15H2,1-3H3,(H,27,28). The van der Waals surface area contributed by atoms with Crippen molar-refractivity contribution in [2.45, 2.75) is 46.6 Å². The van der Waals surface area contributed by atoms with Gasteiger partial charge in [0.2, 0.25) is 0 Å². The molecule has 1 aliphatic carbocycles. The Kier molecular flexibility index (Phi) is 5.22. The van der Waals surface area contributed by atoms with Crippen molar-refractivity contribution in [2.75, 3.05) is 5.32 Å². The lowest BCUT2D eigenvalue weighted by molar-refractivity contribution is 0.0696. The van der Waals surface area contributed by atoms with E-state index in [1.54, 1.807) is 11.3 Å². The fourth-order valence-corrected chi connectivity index (χ4v) is 5.31. The number of aryl methyl sites for hydroxylation is 2. The van der Waals surface area contributed by atoms with Crippen LogP contribution in [0.1, 0.15) is 52.2 Å². The Hall–Kier alpha value is -2.59. The van der Waals surface area contributed by atoms with Gasteiger partial charge >= 0.3 is 5.97 Å². The van der Waals surface area contributed by atoms with Gasteiger partial charge in [-0.15, -0.1) is 11.3 Å². The fraction of sp³-hybridized carbons (Fsp3) is 0.320. The minimum Gasteiger partial charge on any atom is -0.478 e. The highest BCUT2D eigenvalue weighted by molar-refractivity contribution is 7.16. The summed E-state index contributed by atoms with van der Waals surface area (Å²) in [4.78, 5) is 14.2. The largest absolute Gasteiger partial charge is 0.478 e. The van der Waals surface area contributed by atoms with Gasteiger partial charge < -0.3 is 10.4 Å². The molecule has 1 aliphatic rings. The number of carbonyl (C=O) groups is 1. The SMILES string of the molecule is Cc1ccc(NCc2ccc(-c3sc4c(c3C(=O)O)CC(C)(C)CC4)cc2)cc1. The van der Waals surface area contributed by atoms with Crippen LogP contribution in [0, 0.1) is 12.3 Å². The summed E-state index contributed by atoms with van der Waals surface area (Å²) in [5, 5.41) is 13.4. The molecule has 0 atom stereocenters. The monoisotopic (exact) mass is 405 g/mol. The number of thiophene rings is 1. The molecule has 0 saturated heterocycles. The van der Waals surface area contributed by atoms with E-state index in [1.165, 1.54) is 16.0 Å². The number of rotatable bonds is 5. The van der Waals surface area contributed by atoms with E-state index < -0.39 is 5.97 Å². The summed E-state index contributed by atoms with van der Waals surface area (Å²) >= 11 is 1.67. The van der Waals surface area contributed by atoms with Gasteiger partial charge in [0.1, 0.15) is 0 Å². The zero-order chi connectivity index (χ0) is 20.6. The predicted molar refractivity (Wildman–Crippen MR) is 121 cm³/mol. The van der Waals surface area contributed by atoms with Crippen LogP contribution in [-0.4, -0.2) is 11.1 Å². The van der Waals surface area contributed by atoms with E-state index in [4.69, 9.17) is 0 Å². The third kappa shape index (κ3) is 4.23. The first-order chi connectivity index (χ1) is 13.8. The Bertz CT molecular complexity index is 1030. The molecule has 0 bridgehead atoms. The zero-order valence-electron chi connectivity index (χ0n) is 17.2. The number of hydrogen-bond donors (Lipinski definition) is 2. The van der Waals surface area contributed by atoms with Gasteiger partial charge in [0, 0.05) is 22.0 Å². The van der Waals surface area contributed by atoms with Crippen LogP contribution in [0.25, 0.3) is 10.4 Å². The molecular weight excluding hydrogens is 378 g/mol. The minimum atomic E-state index is -0.805. The first-order valence-electron chi connectivity index (χ1n) is 10.1. The number of anilines is 1. The molecule has 4 heteroatoms. The Labute approximate surface area is 176 Å². The summed E-state index contributed by atoms with van der Waals surface area (Å²) in [6, 6.07) is 16.6. The molecule has 1 aromatic heterocycles. The normalized spacial score (nSPS) is 15.0. The zero-order valence-corrected chi connectivity index (χ0v) is 18.0. The van der Waals surface area contributed by atoms with Crippen molar-refractivity contribution < 1.29 is 9.90 Å². The third-order valence-electron chi connectivity index (χ3n) is 5.75. The van der Waals surface area contributed by atoms with Gasteiger partial charge in [-0.3, -0.25) is 0 Å². The van der Waals surface area contributed by atoms with E-state index in [0.717, 1.165) is 47.5 Å². The second kappa shape index (κ2) is 7.68. The molecule has 0 spiro atoms. The molecule has 2 N–H and O–H groups in total. The van der Waals surface area contributed by atoms with Crippen LogP contribution in [0.15, 0.2) is 48.5 Å². The molecule has 29 heavy (non-hydrogen) atoms. The molecule has 4 rings (SSSR count). The van der Waals surface area contributed by atoms with E-state index in [2.05, 4.69) is 74.6 Å². The van der Waals surface area contributed by atoms with Crippen LogP contribution in [0.4, 0.5) is 5.69 Å². The van der Waals surface area contributed by atoms with Crippen LogP contribution in [0.3, 0.4) is 0 Å². The molecule has 0 saturated carbocycles. The van der Waals surface area contributed by atoms with Crippen LogP contribution in [0.2, 0.25) is 0 Å². The second-order valence-corrected chi connectivity index (χ2v) is 9.88. The lowest BCUT2D eigenvalue weighted by Crippen LogP contribution is -2.22. The molecule has 2 aromatic carbocycles. The predicted octanol–water partition coefficient (Wildman–Crippen LogP) is 6.55. The topological polar surface area (TPSA) is 49.3 Å². The van der Waals surface area contributed by atoms with Crippen molar-refractivity contribution in [2.24, 2.45) is 5.41 Å². The Morgan fingerprint density at radius 3 is 2.45 bits per heavy atom. The second-order valence-electron chi connectivity index (χ2n) is 8.77. The number of fused-ring (bicyclic) bond motifs is 1. The lowest BCUT2D eigenvalue weighted by Gasteiger charge is -2.29. The fourth-order valence-electron chi connectivity index (χ4n) is 4.00. The van der Waals surface area contributed by atoms with Gasteiger partial charge in [0.25, 0.3) is 0 Å². The smallest absolute Gasteiger partial charge is 0.337 e. The van der Waals surface area contributed by atoms with Gasteiger partial charge in [-0.1, -0.05) is 55.8 Å². The van der Waals surface area contributed by atoms with E-state index in [1.807, 2.05) is 0 Å². The van der Waals surface area contributed by atoms with Crippen molar-refractivity contribution in [3.63, 3.8) is 0 Å². The average Bonchev–Trinajstić information content (AvgIpc) is 3.05. The Morgan fingerprint density at radius 1 is 1.10 bits per heavy atom. The maximum absolute atomic E-state index is 12.1. The molecular formula is C25H27NO2S.